The van der Waals surface area contributed by atoms with E-state index in [1.807, 2.05) is 18.3 Å². The van der Waals surface area contributed by atoms with E-state index in [4.69, 9.17) is 0 Å². The number of hydrogen-bond acceptors (Lipinski definition) is 3. The van der Waals surface area contributed by atoms with Gasteiger partial charge < -0.3 is 0 Å². The van der Waals surface area contributed by atoms with Crippen molar-refractivity contribution in [3.05, 3.63) is 66.0 Å². The van der Waals surface area contributed by atoms with Crippen molar-refractivity contribution in [3.63, 3.8) is 0 Å². The van der Waals surface area contributed by atoms with Crippen molar-refractivity contribution in [1.82, 2.24) is 9.88 Å². The van der Waals surface area contributed by atoms with Gasteiger partial charge in [0.1, 0.15) is 0 Å². The first-order valence-corrected chi connectivity index (χ1v) is 6.92. The van der Waals surface area contributed by atoms with Crippen molar-refractivity contribution in [1.29, 1.82) is 5.26 Å². The van der Waals surface area contributed by atoms with E-state index in [9.17, 15) is 5.26 Å². The molecule has 2 heterocycles. The van der Waals surface area contributed by atoms with Crippen LogP contribution in [-0.2, 0) is 6.54 Å². The van der Waals surface area contributed by atoms with Crippen LogP contribution in [0.5, 0.6) is 0 Å². The summed E-state index contributed by atoms with van der Waals surface area (Å²) >= 11 is 0. The normalized spacial score (nSPS) is 22.6. The standard InChI is InChI=1S/C17H17N3/c18-9-16-12-20(11-14-5-2-1-3-6-14)13-17(16)15-7-4-8-19-10-15/h1-8,10,16-17H,11-13H2/t16-,17+/m0/s1. The molecule has 0 radical (unpaired) electrons. The van der Waals surface area contributed by atoms with E-state index in [0.717, 1.165) is 19.6 Å². The smallest absolute Gasteiger partial charge is 0.0676 e. The largest absolute Gasteiger partial charge is 0.297 e. The highest BCUT2D eigenvalue weighted by Crippen LogP contribution is 2.32. The number of nitriles is 1. The van der Waals surface area contributed by atoms with Gasteiger partial charge in [-0.25, -0.2) is 0 Å². The second kappa shape index (κ2) is 5.85. The zero-order valence-corrected chi connectivity index (χ0v) is 11.3. The Morgan fingerprint density at radius 1 is 1.15 bits per heavy atom. The van der Waals surface area contributed by atoms with Gasteiger partial charge in [-0.05, 0) is 17.2 Å². The average Bonchev–Trinajstić information content (AvgIpc) is 2.92. The average molecular weight is 263 g/mol. The van der Waals surface area contributed by atoms with Gasteiger partial charge in [0.05, 0.1) is 12.0 Å². The van der Waals surface area contributed by atoms with Gasteiger partial charge in [0, 0.05) is 37.9 Å². The Kier molecular flexibility index (Phi) is 3.76. The first-order chi connectivity index (χ1) is 9.86. The maximum atomic E-state index is 9.38. The molecule has 0 unspecified atom stereocenters. The number of pyridine rings is 1. The molecule has 3 nitrogen and oxygen atoms in total. The van der Waals surface area contributed by atoms with Crippen molar-refractivity contribution >= 4 is 0 Å². The molecule has 100 valence electrons. The molecule has 0 aliphatic carbocycles. The Morgan fingerprint density at radius 2 is 2.00 bits per heavy atom. The van der Waals surface area contributed by atoms with Crippen molar-refractivity contribution in [2.75, 3.05) is 13.1 Å². The lowest BCUT2D eigenvalue weighted by atomic mass is 9.91. The molecule has 3 heteroatoms. The molecular weight excluding hydrogens is 246 g/mol. The molecule has 20 heavy (non-hydrogen) atoms. The first-order valence-electron chi connectivity index (χ1n) is 6.92. The zero-order chi connectivity index (χ0) is 13.8. The maximum absolute atomic E-state index is 9.38. The minimum absolute atomic E-state index is 0.0583. The fourth-order valence-corrected chi connectivity index (χ4v) is 2.92. The van der Waals surface area contributed by atoms with E-state index in [2.05, 4.69) is 46.3 Å². The molecule has 1 aromatic carbocycles. The number of benzene rings is 1. The van der Waals surface area contributed by atoms with E-state index in [-0.39, 0.29) is 11.8 Å². The minimum atomic E-state index is 0.0583. The van der Waals surface area contributed by atoms with Crippen LogP contribution < -0.4 is 0 Å². The molecular formula is C17H17N3. The van der Waals surface area contributed by atoms with Crippen LogP contribution in [0.4, 0.5) is 0 Å². The van der Waals surface area contributed by atoms with Gasteiger partial charge in [0.25, 0.3) is 0 Å². The highest BCUT2D eigenvalue weighted by atomic mass is 15.2. The van der Waals surface area contributed by atoms with Crippen LogP contribution in [0.3, 0.4) is 0 Å². The monoisotopic (exact) mass is 263 g/mol. The number of rotatable bonds is 3. The molecule has 2 atom stereocenters. The van der Waals surface area contributed by atoms with Crippen LogP contribution >= 0.6 is 0 Å². The molecule has 0 spiro atoms. The van der Waals surface area contributed by atoms with E-state index >= 15 is 0 Å². The van der Waals surface area contributed by atoms with E-state index in [0.29, 0.717) is 0 Å². The topological polar surface area (TPSA) is 39.9 Å². The van der Waals surface area contributed by atoms with Crippen LogP contribution in [0.25, 0.3) is 0 Å². The molecule has 1 aliphatic rings. The molecule has 1 aromatic heterocycles. The van der Waals surface area contributed by atoms with Crippen LogP contribution in [0.2, 0.25) is 0 Å². The number of likely N-dealkylation sites (tertiary alicyclic amines) is 1. The lowest BCUT2D eigenvalue weighted by Gasteiger charge is -2.15. The predicted octanol–water partition coefficient (Wildman–Crippen LogP) is 2.82. The SMILES string of the molecule is N#C[C@H]1CN(Cc2ccccc2)C[C@@H]1c1cccnc1. The van der Waals surface area contributed by atoms with E-state index < -0.39 is 0 Å². The fraction of sp³-hybridized carbons (Fsp3) is 0.294. The van der Waals surface area contributed by atoms with E-state index in [1.165, 1.54) is 11.1 Å². The van der Waals surface area contributed by atoms with Crippen molar-refractivity contribution in [2.45, 2.75) is 12.5 Å². The molecule has 1 fully saturated rings. The second-order valence-electron chi connectivity index (χ2n) is 5.31. The van der Waals surface area contributed by atoms with Crippen LogP contribution in [0.1, 0.15) is 17.0 Å². The number of hydrogen-bond donors (Lipinski definition) is 0. The Morgan fingerprint density at radius 3 is 2.70 bits per heavy atom. The van der Waals surface area contributed by atoms with Crippen LogP contribution in [-0.4, -0.2) is 23.0 Å². The Bertz CT molecular complexity index is 589. The van der Waals surface area contributed by atoms with Crippen molar-refractivity contribution < 1.29 is 0 Å². The van der Waals surface area contributed by atoms with Gasteiger partial charge >= 0.3 is 0 Å². The van der Waals surface area contributed by atoms with Gasteiger partial charge in [-0.1, -0.05) is 36.4 Å². The van der Waals surface area contributed by atoms with Gasteiger partial charge in [0.2, 0.25) is 0 Å². The second-order valence-corrected chi connectivity index (χ2v) is 5.31. The fourth-order valence-electron chi connectivity index (χ4n) is 2.92. The summed E-state index contributed by atoms with van der Waals surface area (Å²) in [5, 5.41) is 9.38. The minimum Gasteiger partial charge on any atom is -0.297 e. The third-order valence-corrected chi connectivity index (χ3v) is 3.92. The number of aromatic nitrogens is 1. The summed E-state index contributed by atoms with van der Waals surface area (Å²) in [6.07, 6.45) is 3.67. The summed E-state index contributed by atoms with van der Waals surface area (Å²) in [5.41, 5.74) is 2.48. The molecule has 1 saturated heterocycles. The Labute approximate surface area is 119 Å². The summed E-state index contributed by atoms with van der Waals surface area (Å²) in [5.74, 6) is 0.334. The van der Waals surface area contributed by atoms with Crippen molar-refractivity contribution in [2.24, 2.45) is 5.92 Å². The van der Waals surface area contributed by atoms with Gasteiger partial charge in [-0.3, -0.25) is 9.88 Å². The summed E-state index contributed by atoms with van der Waals surface area (Å²) in [4.78, 5) is 6.54. The molecule has 0 saturated carbocycles. The van der Waals surface area contributed by atoms with Gasteiger partial charge in [-0.2, -0.15) is 5.26 Å². The maximum Gasteiger partial charge on any atom is 0.0676 e. The summed E-state index contributed by atoms with van der Waals surface area (Å²) in [7, 11) is 0. The third-order valence-electron chi connectivity index (χ3n) is 3.92. The van der Waals surface area contributed by atoms with Crippen molar-refractivity contribution in [3.8, 4) is 6.07 Å². The molecule has 1 aliphatic heterocycles. The summed E-state index contributed by atoms with van der Waals surface area (Å²) in [6.45, 7) is 2.68. The number of nitrogens with zero attached hydrogens (tertiary/aromatic N) is 3. The lowest BCUT2D eigenvalue weighted by Crippen LogP contribution is -2.20. The summed E-state index contributed by atoms with van der Waals surface area (Å²) < 4.78 is 0. The third kappa shape index (κ3) is 2.71. The molecule has 0 bridgehead atoms. The zero-order valence-electron chi connectivity index (χ0n) is 11.3. The molecule has 3 rings (SSSR count). The van der Waals surface area contributed by atoms with Crippen LogP contribution in [0.15, 0.2) is 54.9 Å². The predicted molar refractivity (Wildman–Crippen MR) is 77.8 cm³/mol. The first kappa shape index (κ1) is 12.8. The highest BCUT2D eigenvalue weighted by molar-refractivity contribution is 5.22. The Hall–Kier alpha value is -2.18. The molecule has 0 amide bonds. The highest BCUT2D eigenvalue weighted by Gasteiger charge is 2.33. The molecule has 0 N–H and O–H groups in total. The van der Waals surface area contributed by atoms with Gasteiger partial charge in [0.15, 0.2) is 0 Å². The lowest BCUT2D eigenvalue weighted by molar-refractivity contribution is 0.322. The van der Waals surface area contributed by atoms with Crippen LogP contribution in [0, 0.1) is 17.2 Å². The van der Waals surface area contributed by atoms with Gasteiger partial charge in [-0.15, -0.1) is 0 Å². The summed E-state index contributed by atoms with van der Waals surface area (Å²) in [6, 6.07) is 16.9. The quantitative estimate of drug-likeness (QED) is 0.855. The Balaban J connectivity index is 1.74. The molecule has 2 aromatic rings. The van der Waals surface area contributed by atoms with E-state index in [1.54, 1.807) is 6.20 Å².